The molecule has 5 heteroatoms. The van der Waals surface area contributed by atoms with Crippen LogP contribution in [0.1, 0.15) is 13.3 Å². The SMILES string of the molecule is CC1CNCCC1(O)C(F)(F)F. The predicted molar refractivity (Wildman–Crippen MR) is 37.7 cm³/mol. The molecule has 0 bridgehead atoms. The van der Waals surface area contributed by atoms with Crippen LogP contribution < -0.4 is 5.32 Å². The Morgan fingerprint density at radius 3 is 2.42 bits per heavy atom. The van der Waals surface area contributed by atoms with Crippen molar-refractivity contribution in [1.29, 1.82) is 0 Å². The van der Waals surface area contributed by atoms with E-state index in [9.17, 15) is 18.3 Å². The molecule has 0 aliphatic carbocycles. The van der Waals surface area contributed by atoms with Crippen molar-refractivity contribution in [3.63, 3.8) is 0 Å². The van der Waals surface area contributed by atoms with Crippen molar-refractivity contribution in [1.82, 2.24) is 5.32 Å². The lowest BCUT2D eigenvalue weighted by Gasteiger charge is -2.39. The summed E-state index contributed by atoms with van der Waals surface area (Å²) >= 11 is 0. The van der Waals surface area contributed by atoms with Gasteiger partial charge in [0.2, 0.25) is 0 Å². The minimum absolute atomic E-state index is 0.218. The first-order valence-electron chi connectivity index (χ1n) is 3.88. The molecule has 1 aliphatic heterocycles. The molecule has 1 fully saturated rings. The predicted octanol–water partition coefficient (Wildman–Crippen LogP) is 0.909. The Hall–Kier alpha value is -0.290. The van der Waals surface area contributed by atoms with Crippen molar-refractivity contribution >= 4 is 0 Å². The number of piperidine rings is 1. The maximum atomic E-state index is 12.3. The Labute approximate surface area is 68.8 Å². The van der Waals surface area contributed by atoms with E-state index in [-0.39, 0.29) is 19.5 Å². The fourth-order valence-corrected chi connectivity index (χ4v) is 1.43. The molecule has 12 heavy (non-hydrogen) atoms. The molecule has 0 aromatic rings. The Kier molecular flexibility index (Phi) is 2.35. The fourth-order valence-electron chi connectivity index (χ4n) is 1.43. The van der Waals surface area contributed by atoms with Crippen molar-refractivity contribution in [3.8, 4) is 0 Å². The zero-order chi connectivity index (χ0) is 9.41. The molecule has 1 rings (SSSR count). The van der Waals surface area contributed by atoms with E-state index in [0.717, 1.165) is 0 Å². The van der Waals surface area contributed by atoms with E-state index in [1.807, 2.05) is 0 Å². The zero-order valence-corrected chi connectivity index (χ0v) is 6.78. The van der Waals surface area contributed by atoms with Gasteiger partial charge in [0, 0.05) is 12.5 Å². The lowest BCUT2D eigenvalue weighted by molar-refractivity contribution is -0.283. The summed E-state index contributed by atoms with van der Waals surface area (Å²) in [6.07, 6.45) is -4.76. The summed E-state index contributed by atoms with van der Waals surface area (Å²) < 4.78 is 36.9. The van der Waals surface area contributed by atoms with Gasteiger partial charge >= 0.3 is 6.18 Å². The Morgan fingerprint density at radius 1 is 1.50 bits per heavy atom. The van der Waals surface area contributed by atoms with E-state index in [2.05, 4.69) is 5.32 Å². The molecule has 1 heterocycles. The van der Waals surface area contributed by atoms with Gasteiger partial charge in [0.25, 0.3) is 0 Å². The van der Waals surface area contributed by atoms with Crippen LogP contribution in [0.3, 0.4) is 0 Å². The molecule has 1 saturated heterocycles. The van der Waals surface area contributed by atoms with E-state index in [0.29, 0.717) is 0 Å². The van der Waals surface area contributed by atoms with Gasteiger partial charge in [-0.25, -0.2) is 0 Å². The number of halogens is 3. The topological polar surface area (TPSA) is 32.3 Å². The van der Waals surface area contributed by atoms with Crippen LogP contribution in [0.2, 0.25) is 0 Å². The van der Waals surface area contributed by atoms with Crippen molar-refractivity contribution in [2.75, 3.05) is 13.1 Å². The molecule has 0 radical (unpaired) electrons. The molecule has 0 aromatic carbocycles. The highest BCUT2D eigenvalue weighted by atomic mass is 19.4. The third-order valence-electron chi connectivity index (χ3n) is 2.44. The number of aliphatic hydroxyl groups is 1. The van der Waals surface area contributed by atoms with E-state index >= 15 is 0 Å². The first kappa shape index (κ1) is 9.80. The number of rotatable bonds is 0. The Balaban J connectivity index is 2.79. The molecule has 2 N–H and O–H groups in total. The van der Waals surface area contributed by atoms with Crippen LogP contribution in [0.15, 0.2) is 0 Å². The monoisotopic (exact) mass is 183 g/mol. The van der Waals surface area contributed by atoms with Crippen molar-refractivity contribution in [2.45, 2.75) is 25.1 Å². The minimum Gasteiger partial charge on any atom is -0.380 e. The van der Waals surface area contributed by atoms with Crippen molar-refractivity contribution in [3.05, 3.63) is 0 Å². The second-order valence-electron chi connectivity index (χ2n) is 3.28. The van der Waals surface area contributed by atoms with Gasteiger partial charge < -0.3 is 10.4 Å². The maximum absolute atomic E-state index is 12.3. The number of hydrogen-bond acceptors (Lipinski definition) is 2. The van der Waals surface area contributed by atoms with Gasteiger partial charge in [-0.05, 0) is 13.0 Å². The molecule has 0 amide bonds. The summed E-state index contributed by atoms with van der Waals surface area (Å²) in [6, 6.07) is 0. The Bertz CT molecular complexity index is 171. The van der Waals surface area contributed by atoms with Gasteiger partial charge in [-0.15, -0.1) is 0 Å². The van der Waals surface area contributed by atoms with Crippen LogP contribution in [0.4, 0.5) is 13.2 Å². The van der Waals surface area contributed by atoms with Crippen LogP contribution in [0.25, 0.3) is 0 Å². The third-order valence-corrected chi connectivity index (χ3v) is 2.44. The number of alkyl halides is 3. The van der Waals surface area contributed by atoms with Gasteiger partial charge in [0.15, 0.2) is 5.60 Å². The van der Waals surface area contributed by atoms with E-state index < -0.39 is 17.7 Å². The molecule has 0 spiro atoms. The first-order chi connectivity index (χ1) is 5.38. The standard InChI is InChI=1S/C7H12F3NO/c1-5-4-11-3-2-6(5,12)7(8,9)10/h5,11-12H,2-4H2,1H3. The minimum atomic E-state index is -4.51. The number of nitrogens with one attached hydrogen (secondary N) is 1. The normalized spacial score (nSPS) is 38.2. The van der Waals surface area contributed by atoms with Crippen LogP contribution in [0.5, 0.6) is 0 Å². The molecule has 2 unspecified atom stereocenters. The molecule has 0 saturated carbocycles. The summed E-state index contributed by atoms with van der Waals surface area (Å²) in [5.41, 5.74) is -2.49. The summed E-state index contributed by atoms with van der Waals surface area (Å²) in [5, 5.41) is 12.1. The van der Waals surface area contributed by atoms with Crippen molar-refractivity contribution in [2.24, 2.45) is 5.92 Å². The molecular weight excluding hydrogens is 171 g/mol. The smallest absolute Gasteiger partial charge is 0.380 e. The average Bonchev–Trinajstić information content (AvgIpc) is 1.93. The van der Waals surface area contributed by atoms with Gasteiger partial charge in [0.1, 0.15) is 0 Å². The third kappa shape index (κ3) is 1.43. The van der Waals surface area contributed by atoms with Gasteiger partial charge in [-0.3, -0.25) is 0 Å². The second-order valence-corrected chi connectivity index (χ2v) is 3.28. The lowest BCUT2D eigenvalue weighted by Crippen LogP contribution is -2.57. The Morgan fingerprint density at radius 2 is 2.08 bits per heavy atom. The largest absolute Gasteiger partial charge is 0.417 e. The molecule has 2 atom stereocenters. The van der Waals surface area contributed by atoms with E-state index in [1.54, 1.807) is 0 Å². The van der Waals surface area contributed by atoms with Crippen LogP contribution in [-0.2, 0) is 0 Å². The molecule has 1 aliphatic rings. The number of hydrogen-bond donors (Lipinski definition) is 2. The highest BCUT2D eigenvalue weighted by molar-refractivity contribution is 4.95. The molecular formula is C7H12F3NO. The second kappa shape index (κ2) is 2.88. The summed E-state index contributed by atoms with van der Waals surface area (Å²) in [4.78, 5) is 0. The molecule has 2 nitrogen and oxygen atoms in total. The fraction of sp³-hybridized carbons (Fsp3) is 1.00. The highest BCUT2D eigenvalue weighted by Gasteiger charge is 2.57. The van der Waals surface area contributed by atoms with E-state index in [4.69, 9.17) is 0 Å². The highest BCUT2D eigenvalue weighted by Crippen LogP contribution is 2.39. The van der Waals surface area contributed by atoms with Crippen LogP contribution >= 0.6 is 0 Å². The van der Waals surface area contributed by atoms with Crippen LogP contribution in [0, 0.1) is 5.92 Å². The average molecular weight is 183 g/mol. The van der Waals surface area contributed by atoms with Crippen molar-refractivity contribution < 1.29 is 18.3 Å². The lowest BCUT2D eigenvalue weighted by atomic mass is 9.82. The molecule has 72 valence electrons. The molecule has 0 aromatic heterocycles. The summed E-state index contributed by atoms with van der Waals surface area (Å²) in [6.45, 7) is 1.84. The summed E-state index contributed by atoms with van der Waals surface area (Å²) in [5.74, 6) is -0.772. The van der Waals surface area contributed by atoms with Crippen LogP contribution in [-0.4, -0.2) is 30.0 Å². The van der Waals surface area contributed by atoms with E-state index in [1.165, 1.54) is 6.92 Å². The maximum Gasteiger partial charge on any atom is 0.417 e. The summed E-state index contributed by atoms with van der Waals surface area (Å²) in [7, 11) is 0. The van der Waals surface area contributed by atoms with Gasteiger partial charge in [-0.2, -0.15) is 13.2 Å². The quantitative estimate of drug-likeness (QED) is 0.585. The first-order valence-corrected chi connectivity index (χ1v) is 3.88. The van der Waals surface area contributed by atoms with Gasteiger partial charge in [0.05, 0.1) is 0 Å². The zero-order valence-electron chi connectivity index (χ0n) is 6.78. The van der Waals surface area contributed by atoms with Gasteiger partial charge in [-0.1, -0.05) is 6.92 Å².